The highest BCUT2D eigenvalue weighted by atomic mass is 32.1. The molecule has 29 heavy (non-hydrogen) atoms. The van der Waals surface area contributed by atoms with Crippen LogP contribution in [0.1, 0.15) is 28.4 Å². The second kappa shape index (κ2) is 9.04. The Labute approximate surface area is 172 Å². The maximum absolute atomic E-state index is 12.6. The van der Waals surface area contributed by atoms with E-state index in [9.17, 15) is 9.90 Å². The van der Waals surface area contributed by atoms with Crippen molar-refractivity contribution in [2.24, 2.45) is 0 Å². The van der Waals surface area contributed by atoms with Crippen LogP contribution in [-0.4, -0.2) is 45.8 Å². The van der Waals surface area contributed by atoms with E-state index in [-0.39, 0.29) is 12.2 Å². The van der Waals surface area contributed by atoms with Crippen LogP contribution >= 0.6 is 11.3 Å². The van der Waals surface area contributed by atoms with E-state index in [2.05, 4.69) is 16.5 Å². The third-order valence-corrected chi connectivity index (χ3v) is 6.17. The highest BCUT2D eigenvalue weighted by Crippen LogP contribution is 2.34. The Morgan fingerprint density at radius 2 is 2.38 bits per heavy atom. The van der Waals surface area contributed by atoms with E-state index in [1.54, 1.807) is 29.7 Å². The number of hydrogen-bond acceptors (Lipinski definition) is 7. The van der Waals surface area contributed by atoms with Gasteiger partial charge in [-0.1, -0.05) is 6.08 Å². The van der Waals surface area contributed by atoms with E-state index in [0.717, 1.165) is 35.2 Å². The molecule has 154 valence electrons. The van der Waals surface area contributed by atoms with Gasteiger partial charge in [0.25, 0.3) is 5.56 Å². The Hall–Kier alpha value is -2.26. The zero-order chi connectivity index (χ0) is 20.2. The largest absolute Gasteiger partial charge is 0.467 e. The van der Waals surface area contributed by atoms with Gasteiger partial charge in [-0.3, -0.25) is 9.69 Å². The molecule has 7 nitrogen and oxygen atoms in total. The number of hydrogen-bond donors (Lipinski definition) is 2. The number of rotatable bonds is 10. The average Bonchev–Trinajstić information content (AvgIpc) is 3.38. The first kappa shape index (κ1) is 20.0. The Morgan fingerprint density at radius 3 is 3.17 bits per heavy atom. The molecule has 3 heterocycles. The van der Waals surface area contributed by atoms with E-state index in [1.165, 1.54) is 10.4 Å². The minimum atomic E-state index is -0.675. The summed E-state index contributed by atoms with van der Waals surface area (Å²) in [5.74, 6) is 1.33. The van der Waals surface area contributed by atoms with Crippen LogP contribution in [0, 0.1) is 0 Å². The number of furan rings is 1. The molecule has 1 unspecified atom stereocenters. The predicted molar refractivity (Wildman–Crippen MR) is 112 cm³/mol. The number of nitrogens with one attached hydrogen (secondary N) is 1. The number of thiophene rings is 1. The van der Waals surface area contributed by atoms with Crippen LogP contribution in [0.5, 0.6) is 0 Å². The van der Waals surface area contributed by atoms with Gasteiger partial charge in [0.15, 0.2) is 0 Å². The van der Waals surface area contributed by atoms with Gasteiger partial charge >= 0.3 is 0 Å². The first-order chi connectivity index (χ1) is 14.1. The Balaban J connectivity index is 1.39. The number of nitrogens with zero attached hydrogens (tertiary/aromatic N) is 2. The molecule has 0 aromatic carbocycles. The van der Waals surface area contributed by atoms with E-state index in [0.29, 0.717) is 32.1 Å². The smallest absolute Gasteiger partial charge is 0.259 e. The van der Waals surface area contributed by atoms with Crippen molar-refractivity contribution in [2.45, 2.75) is 38.5 Å². The number of aromatic amines is 1. The molecule has 2 N–H and O–H groups in total. The van der Waals surface area contributed by atoms with Crippen molar-refractivity contribution in [2.75, 3.05) is 19.7 Å². The summed E-state index contributed by atoms with van der Waals surface area (Å²) in [5, 5.41) is 11.1. The van der Waals surface area contributed by atoms with Crippen molar-refractivity contribution >= 4 is 21.6 Å². The quantitative estimate of drug-likeness (QED) is 0.495. The molecule has 0 bridgehead atoms. The summed E-state index contributed by atoms with van der Waals surface area (Å²) in [4.78, 5) is 24.3. The lowest BCUT2D eigenvalue weighted by atomic mass is 10.2. The number of H-pyrrole nitrogens is 1. The summed E-state index contributed by atoms with van der Waals surface area (Å²) in [7, 11) is 0. The minimum Gasteiger partial charge on any atom is -0.467 e. The molecule has 3 aromatic rings. The number of aliphatic hydroxyl groups excluding tert-OH is 1. The maximum Gasteiger partial charge on any atom is 0.259 e. The summed E-state index contributed by atoms with van der Waals surface area (Å²) >= 11 is 1.63. The molecular formula is C21H25N3O4S. The van der Waals surface area contributed by atoms with Gasteiger partial charge in [0.2, 0.25) is 0 Å². The Bertz CT molecular complexity index is 1020. The number of aryl methyl sites for hydroxylation is 2. The molecule has 0 spiro atoms. The Kier molecular flexibility index (Phi) is 6.25. The molecule has 4 rings (SSSR count). The van der Waals surface area contributed by atoms with Gasteiger partial charge in [-0.25, -0.2) is 4.98 Å². The fourth-order valence-electron chi connectivity index (χ4n) is 3.76. The van der Waals surface area contributed by atoms with Crippen LogP contribution in [0.4, 0.5) is 0 Å². The lowest BCUT2D eigenvalue weighted by Gasteiger charge is -2.23. The lowest BCUT2D eigenvalue weighted by Crippen LogP contribution is -2.35. The van der Waals surface area contributed by atoms with E-state index in [4.69, 9.17) is 9.15 Å². The standard InChI is InChI=1S/C21H25N3O4S/c1-2-8-24(10-14(25)12-27-13-15-5-4-9-28-15)11-18-22-20(26)19-16-6-3-7-17(16)29-21(19)23-18/h2,4-5,9,14,25H,1,3,6-8,10-13H2,(H,22,23,26). The number of ether oxygens (including phenoxy) is 1. The topological polar surface area (TPSA) is 91.6 Å². The van der Waals surface area contributed by atoms with E-state index >= 15 is 0 Å². The summed E-state index contributed by atoms with van der Waals surface area (Å²) in [6.07, 6.45) is 5.81. The summed E-state index contributed by atoms with van der Waals surface area (Å²) in [6.45, 7) is 5.67. The number of aliphatic hydroxyl groups is 1. The van der Waals surface area contributed by atoms with Gasteiger partial charge in [0, 0.05) is 18.0 Å². The molecule has 0 saturated carbocycles. The number of aromatic nitrogens is 2. The molecule has 0 radical (unpaired) electrons. The van der Waals surface area contributed by atoms with Gasteiger partial charge in [0.1, 0.15) is 23.0 Å². The second-order valence-electron chi connectivity index (χ2n) is 7.28. The van der Waals surface area contributed by atoms with Crippen molar-refractivity contribution in [3.63, 3.8) is 0 Å². The van der Waals surface area contributed by atoms with Crippen LogP contribution in [0.15, 0.2) is 40.3 Å². The lowest BCUT2D eigenvalue weighted by molar-refractivity contribution is 0.00528. The first-order valence-electron chi connectivity index (χ1n) is 9.79. The molecule has 0 fully saturated rings. The van der Waals surface area contributed by atoms with Gasteiger partial charge in [0.05, 0.1) is 30.9 Å². The predicted octanol–water partition coefficient (Wildman–Crippen LogP) is 2.63. The van der Waals surface area contributed by atoms with Crippen LogP contribution in [0.2, 0.25) is 0 Å². The van der Waals surface area contributed by atoms with Gasteiger partial charge in [-0.15, -0.1) is 17.9 Å². The molecule has 1 aliphatic rings. The molecule has 3 aromatic heterocycles. The average molecular weight is 416 g/mol. The minimum absolute atomic E-state index is 0.0646. The molecule has 1 atom stereocenters. The van der Waals surface area contributed by atoms with Crippen LogP contribution < -0.4 is 5.56 Å². The fourth-order valence-corrected chi connectivity index (χ4v) is 5.04. The van der Waals surface area contributed by atoms with Gasteiger partial charge in [-0.05, 0) is 37.0 Å². The second-order valence-corrected chi connectivity index (χ2v) is 8.36. The van der Waals surface area contributed by atoms with Crippen molar-refractivity contribution in [3.05, 3.63) is 63.4 Å². The van der Waals surface area contributed by atoms with Crippen molar-refractivity contribution in [1.82, 2.24) is 14.9 Å². The third kappa shape index (κ3) is 4.67. The normalized spacial score (nSPS) is 14.6. The van der Waals surface area contributed by atoms with E-state index in [1.807, 2.05) is 11.0 Å². The highest BCUT2D eigenvalue weighted by molar-refractivity contribution is 7.18. The van der Waals surface area contributed by atoms with Crippen LogP contribution in [0.3, 0.4) is 0 Å². The zero-order valence-electron chi connectivity index (χ0n) is 16.2. The highest BCUT2D eigenvalue weighted by Gasteiger charge is 2.21. The van der Waals surface area contributed by atoms with Crippen molar-refractivity contribution < 1.29 is 14.3 Å². The monoisotopic (exact) mass is 415 g/mol. The number of fused-ring (bicyclic) bond motifs is 3. The molecular weight excluding hydrogens is 390 g/mol. The third-order valence-electron chi connectivity index (χ3n) is 4.99. The Morgan fingerprint density at radius 1 is 1.48 bits per heavy atom. The zero-order valence-corrected chi connectivity index (χ0v) is 17.0. The summed E-state index contributed by atoms with van der Waals surface area (Å²) in [6, 6.07) is 3.63. The SMILES string of the molecule is C=CCN(Cc1nc2sc3c(c2c(=O)[nH]1)CCC3)CC(O)COCc1ccco1. The molecule has 0 saturated heterocycles. The molecule has 0 amide bonds. The van der Waals surface area contributed by atoms with Gasteiger partial charge < -0.3 is 19.2 Å². The van der Waals surface area contributed by atoms with Crippen molar-refractivity contribution in [1.29, 1.82) is 0 Å². The molecule has 8 heteroatoms. The van der Waals surface area contributed by atoms with Crippen LogP contribution in [0.25, 0.3) is 10.2 Å². The molecule has 1 aliphatic carbocycles. The summed E-state index contributed by atoms with van der Waals surface area (Å²) in [5.41, 5.74) is 1.11. The van der Waals surface area contributed by atoms with Crippen LogP contribution in [-0.2, 0) is 30.7 Å². The van der Waals surface area contributed by atoms with Gasteiger partial charge in [-0.2, -0.15) is 0 Å². The fraction of sp³-hybridized carbons (Fsp3) is 0.429. The summed E-state index contributed by atoms with van der Waals surface area (Å²) < 4.78 is 10.7. The maximum atomic E-state index is 12.6. The van der Waals surface area contributed by atoms with Crippen molar-refractivity contribution in [3.8, 4) is 0 Å². The first-order valence-corrected chi connectivity index (χ1v) is 10.6. The van der Waals surface area contributed by atoms with E-state index < -0.39 is 6.10 Å². The molecule has 0 aliphatic heterocycles.